The quantitative estimate of drug-likeness (QED) is 0.907. The summed E-state index contributed by atoms with van der Waals surface area (Å²) < 4.78 is 1.68. The molecule has 17 heavy (non-hydrogen) atoms. The summed E-state index contributed by atoms with van der Waals surface area (Å²) >= 11 is 1.74. The van der Waals surface area contributed by atoms with Gasteiger partial charge in [-0.1, -0.05) is 6.92 Å². The van der Waals surface area contributed by atoms with Crippen molar-refractivity contribution in [2.75, 3.05) is 0 Å². The summed E-state index contributed by atoms with van der Waals surface area (Å²) in [4.78, 5) is 13.4. The lowest BCUT2D eigenvalue weighted by molar-refractivity contribution is 0.0696. The van der Waals surface area contributed by atoms with Crippen molar-refractivity contribution >= 4 is 17.3 Å². The monoisotopic (exact) mass is 250 g/mol. The van der Waals surface area contributed by atoms with Crippen molar-refractivity contribution in [3.05, 3.63) is 39.3 Å². The van der Waals surface area contributed by atoms with Crippen molar-refractivity contribution < 1.29 is 9.90 Å². The first-order chi connectivity index (χ1) is 8.10. The maximum Gasteiger partial charge on any atom is 0.339 e. The zero-order valence-corrected chi connectivity index (χ0v) is 10.6. The van der Waals surface area contributed by atoms with Gasteiger partial charge >= 0.3 is 5.97 Å². The number of thiophene rings is 1. The van der Waals surface area contributed by atoms with E-state index in [1.165, 1.54) is 9.75 Å². The Morgan fingerprint density at radius 1 is 1.47 bits per heavy atom. The molecule has 0 aliphatic heterocycles. The van der Waals surface area contributed by atoms with Crippen LogP contribution in [0.1, 0.15) is 32.7 Å². The van der Waals surface area contributed by atoms with E-state index in [9.17, 15) is 4.79 Å². The molecule has 1 N–H and O–H groups in total. The molecule has 0 fully saturated rings. The maximum atomic E-state index is 10.9. The van der Waals surface area contributed by atoms with E-state index in [1.54, 1.807) is 29.1 Å². The molecule has 5 heteroatoms. The Labute approximate surface area is 104 Å². The molecule has 2 aromatic rings. The number of nitrogens with zero attached hydrogens (tertiary/aromatic N) is 2. The molecule has 2 rings (SSSR count). The molecule has 0 bridgehead atoms. The van der Waals surface area contributed by atoms with E-state index in [4.69, 9.17) is 5.11 Å². The van der Waals surface area contributed by atoms with Crippen LogP contribution in [0.15, 0.2) is 18.3 Å². The van der Waals surface area contributed by atoms with E-state index in [-0.39, 0.29) is 5.56 Å². The molecule has 0 amide bonds. The van der Waals surface area contributed by atoms with E-state index >= 15 is 0 Å². The first-order valence-electron chi connectivity index (χ1n) is 5.45. The summed E-state index contributed by atoms with van der Waals surface area (Å²) in [6, 6.07) is 4.18. The standard InChI is InChI=1S/C12H14N2O2S/c1-3-9-4-5-10(17-9)6-14-7-11(12(15)16)8(2)13-14/h4-5,7H,3,6H2,1-2H3,(H,15,16). The molecule has 0 unspecified atom stereocenters. The van der Waals surface area contributed by atoms with E-state index in [2.05, 4.69) is 24.2 Å². The molecular weight excluding hydrogens is 236 g/mol. The molecule has 0 aliphatic carbocycles. The molecule has 0 saturated carbocycles. The van der Waals surface area contributed by atoms with Crippen LogP contribution in [0.5, 0.6) is 0 Å². The second-order valence-electron chi connectivity index (χ2n) is 3.85. The lowest BCUT2D eigenvalue weighted by Gasteiger charge is -1.97. The van der Waals surface area contributed by atoms with Crippen LogP contribution in [0.3, 0.4) is 0 Å². The molecule has 0 spiro atoms. The van der Waals surface area contributed by atoms with Gasteiger partial charge in [-0.05, 0) is 25.5 Å². The predicted octanol–water partition coefficient (Wildman–Crippen LogP) is 2.56. The number of carboxylic acid groups (broad SMARTS) is 1. The van der Waals surface area contributed by atoms with Gasteiger partial charge in [-0.3, -0.25) is 4.68 Å². The number of aromatic nitrogens is 2. The van der Waals surface area contributed by atoms with E-state index in [0.29, 0.717) is 12.2 Å². The Hall–Kier alpha value is -1.62. The largest absolute Gasteiger partial charge is 0.478 e. The van der Waals surface area contributed by atoms with Gasteiger partial charge in [-0.2, -0.15) is 5.10 Å². The fraction of sp³-hybridized carbons (Fsp3) is 0.333. The summed E-state index contributed by atoms with van der Waals surface area (Å²) in [7, 11) is 0. The smallest absolute Gasteiger partial charge is 0.339 e. The first kappa shape index (κ1) is 11.9. The number of aryl methyl sites for hydroxylation is 2. The van der Waals surface area contributed by atoms with E-state index in [1.807, 2.05) is 0 Å². The van der Waals surface area contributed by atoms with Gasteiger partial charge in [-0.15, -0.1) is 11.3 Å². The molecule has 0 atom stereocenters. The van der Waals surface area contributed by atoms with Crippen molar-refractivity contribution in [2.45, 2.75) is 26.8 Å². The minimum atomic E-state index is -0.922. The fourth-order valence-corrected chi connectivity index (χ4v) is 2.62. The lowest BCUT2D eigenvalue weighted by Crippen LogP contribution is -1.98. The lowest BCUT2D eigenvalue weighted by atomic mass is 10.3. The first-order valence-corrected chi connectivity index (χ1v) is 6.26. The highest BCUT2D eigenvalue weighted by Crippen LogP contribution is 2.18. The molecule has 0 aliphatic rings. The van der Waals surface area contributed by atoms with Crippen molar-refractivity contribution in [3.8, 4) is 0 Å². The summed E-state index contributed by atoms with van der Waals surface area (Å²) in [6.45, 7) is 4.47. The predicted molar refractivity (Wildman–Crippen MR) is 66.7 cm³/mol. The van der Waals surface area contributed by atoms with Gasteiger partial charge in [0.15, 0.2) is 0 Å². The summed E-state index contributed by atoms with van der Waals surface area (Å²) in [6.07, 6.45) is 2.62. The van der Waals surface area contributed by atoms with Gasteiger partial charge in [0.25, 0.3) is 0 Å². The highest BCUT2D eigenvalue weighted by atomic mass is 32.1. The summed E-state index contributed by atoms with van der Waals surface area (Å²) in [5.41, 5.74) is 0.835. The summed E-state index contributed by atoms with van der Waals surface area (Å²) in [5.74, 6) is -0.922. The highest BCUT2D eigenvalue weighted by Gasteiger charge is 2.12. The fourth-order valence-electron chi connectivity index (χ4n) is 1.67. The molecular formula is C12H14N2O2S. The van der Waals surface area contributed by atoms with Crippen LogP contribution in [-0.2, 0) is 13.0 Å². The topological polar surface area (TPSA) is 55.1 Å². The van der Waals surface area contributed by atoms with Crippen molar-refractivity contribution in [1.29, 1.82) is 0 Å². The van der Waals surface area contributed by atoms with Crippen LogP contribution in [0.2, 0.25) is 0 Å². The second-order valence-corrected chi connectivity index (χ2v) is 5.11. The van der Waals surface area contributed by atoms with Crippen LogP contribution < -0.4 is 0 Å². The zero-order chi connectivity index (χ0) is 12.4. The molecule has 0 saturated heterocycles. The van der Waals surface area contributed by atoms with Gasteiger partial charge in [0.2, 0.25) is 0 Å². The van der Waals surface area contributed by atoms with Crippen LogP contribution in [-0.4, -0.2) is 20.9 Å². The number of carbonyl (C=O) groups is 1. The molecule has 0 aromatic carbocycles. The molecule has 0 radical (unpaired) electrons. The number of carboxylic acids is 1. The van der Waals surface area contributed by atoms with Crippen LogP contribution >= 0.6 is 11.3 Å². The number of hydrogen-bond donors (Lipinski definition) is 1. The van der Waals surface area contributed by atoms with E-state index < -0.39 is 5.97 Å². The van der Waals surface area contributed by atoms with Crippen LogP contribution in [0.4, 0.5) is 0 Å². The molecule has 2 aromatic heterocycles. The van der Waals surface area contributed by atoms with Gasteiger partial charge in [0.1, 0.15) is 5.56 Å². The minimum Gasteiger partial charge on any atom is -0.478 e. The van der Waals surface area contributed by atoms with Crippen molar-refractivity contribution in [2.24, 2.45) is 0 Å². The average Bonchev–Trinajstić information content (AvgIpc) is 2.85. The number of aromatic carboxylic acids is 1. The Bertz CT molecular complexity index is 542. The van der Waals surface area contributed by atoms with Crippen molar-refractivity contribution in [3.63, 3.8) is 0 Å². The molecule has 4 nitrogen and oxygen atoms in total. The average molecular weight is 250 g/mol. The van der Waals surface area contributed by atoms with Gasteiger partial charge in [0, 0.05) is 16.0 Å². The zero-order valence-electron chi connectivity index (χ0n) is 9.80. The number of hydrogen-bond acceptors (Lipinski definition) is 3. The third-order valence-electron chi connectivity index (χ3n) is 2.56. The van der Waals surface area contributed by atoms with Crippen LogP contribution in [0.25, 0.3) is 0 Å². The SMILES string of the molecule is CCc1ccc(Cn2cc(C(=O)O)c(C)n2)s1. The Morgan fingerprint density at radius 3 is 2.71 bits per heavy atom. The van der Waals surface area contributed by atoms with E-state index in [0.717, 1.165) is 6.42 Å². The van der Waals surface area contributed by atoms with Gasteiger partial charge in [0.05, 0.1) is 12.2 Å². The van der Waals surface area contributed by atoms with Gasteiger partial charge in [-0.25, -0.2) is 4.79 Å². The molecule has 2 heterocycles. The van der Waals surface area contributed by atoms with Gasteiger partial charge < -0.3 is 5.11 Å². The van der Waals surface area contributed by atoms with Crippen molar-refractivity contribution in [1.82, 2.24) is 9.78 Å². The second kappa shape index (κ2) is 4.71. The Balaban J connectivity index is 2.18. The highest BCUT2D eigenvalue weighted by molar-refractivity contribution is 7.11. The third kappa shape index (κ3) is 2.55. The minimum absolute atomic E-state index is 0.275. The normalized spacial score (nSPS) is 10.7. The maximum absolute atomic E-state index is 10.9. The Morgan fingerprint density at radius 2 is 2.18 bits per heavy atom. The third-order valence-corrected chi connectivity index (χ3v) is 3.77. The Kier molecular flexibility index (Phi) is 3.28. The number of rotatable bonds is 4. The summed E-state index contributed by atoms with van der Waals surface area (Å²) in [5, 5.41) is 13.1. The molecule has 90 valence electrons. The van der Waals surface area contributed by atoms with Crippen LogP contribution in [0, 0.1) is 6.92 Å².